The van der Waals surface area contributed by atoms with Crippen LogP contribution in [0.4, 0.5) is 5.69 Å². The van der Waals surface area contributed by atoms with Gasteiger partial charge >= 0.3 is 29.6 Å². The van der Waals surface area contributed by atoms with E-state index < -0.39 is 11.9 Å². The SMILES string of the molecule is O=C([O-])c1cc(Cl)ccc1NC(=O)C1CCCN(C(=O)c2cccc(-c3ccoc3)c2)C1.[Na+]. The summed E-state index contributed by atoms with van der Waals surface area (Å²) in [7, 11) is 0. The predicted octanol–water partition coefficient (Wildman–Crippen LogP) is 0.458. The molecule has 0 radical (unpaired) electrons. The van der Waals surface area contributed by atoms with Crippen molar-refractivity contribution in [2.75, 3.05) is 18.4 Å². The van der Waals surface area contributed by atoms with E-state index in [0.29, 0.717) is 24.9 Å². The second kappa shape index (κ2) is 11.0. The van der Waals surface area contributed by atoms with Crippen LogP contribution in [0.2, 0.25) is 5.02 Å². The number of aromatic carboxylic acids is 1. The number of furan rings is 1. The van der Waals surface area contributed by atoms with E-state index in [-0.39, 0.29) is 64.2 Å². The van der Waals surface area contributed by atoms with Gasteiger partial charge in [0, 0.05) is 40.5 Å². The Morgan fingerprint density at radius 2 is 1.91 bits per heavy atom. The number of likely N-dealkylation sites (tertiary alicyclic amines) is 1. The van der Waals surface area contributed by atoms with Gasteiger partial charge in [0.05, 0.1) is 24.4 Å². The number of hydrogen-bond donors (Lipinski definition) is 1. The molecule has 7 nitrogen and oxygen atoms in total. The van der Waals surface area contributed by atoms with E-state index in [1.807, 2.05) is 18.2 Å². The Bertz CT molecular complexity index is 1170. The summed E-state index contributed by atoms with van der Waals surface area (Å²) in [4.78, 5) is 39.0. The summed E-state index contributed by atoms with van der Waals surface area (Å²) in [6.45, 7) is 0.790. The van der Waals surface area contributed by atoms with Crippen molar-refractivity contribution in [1.82, 2.24) is 4.90 Å². The number of anilines is 1. The van der Waals surface area contributed by atoms with Crippen molar-refractivity contribution in [3.8, 4) is 11.1 Å². The summed E-state index contributed by atoms with van der Waals surface area (Å²) >= 11 is 5.85. The van der Waals surface area contributed by atoms with Crippen molar-refractivity contribution in [3.63, 3.8) is 0 Å². The molecule has 1 aliphatic rings. The molecule has 2 heterocycles. The smallest absolute Gasteiger partial charge is 0.545 e. The minimum atomic E-state index is -1.43. The maximum Gasteiger partial charge on any atom is 1.00 e. The number of carbonyl (C=O) groups excluding carboxylic acids is 3. The first-order valence-electron chi connectivity index (χ1n) is 10.2. The molecule has 1 saturated heterocycles. The van der Waals surface area contributed by atoms with Crippen LogP contribution in [0.1, 0.15) is 33.6 Å². The molecule has 1 unspecified atom stereocenters. The van der Waals surface area contributed by atoms with Crippen molar-refractivity contribution in [3.05, 3.63) is 77.2 Å². The van der Waals surface area contributed by atoms with Crippen LogP contribution in [0.15, 0.2) is 65.5 Å². The minimum Gasteiger partial charge on any atom is -0.545 e. The minimum absolute atomic E-state index is 0. The van der Waals surface area contributed by atoms with Crippen molar-refractivity contribution < 1.29 is 53.5 Å². The number of amides is 2. The van der Waals surface area contributed by atoms with Gasteiger partial charge in [0.2, 0.25) is 5.91 Å². The monoisotopic (exact) mass is 474 g/mol. The molecule has 0 bridgehead atoms. The van der Waals surface area contributed by atoms with Crippen LogP contribution in [0.3, 0.4) is 0 Å². The molecule has 1 fully saturated rings. The first kappa shape index (κ1) is 25.1. The van der Waals surface area contributed by atoms with Crippen LogP contribution >= 0.6 is 11.6 Å². The number of halogens is 1. The summed E-state index contributed by atoms with van der Waals surface area (Å²) in [6, 6.07) is 13.2. The molecule has 1 N–H and O–H groups in total. The van der Waals surface area contributed by atoms with Gasteiger partial charge < -0.3 is 24.5 Å². The molecule has 0 saturated carbocycles. The topological polar surface area (TPSA) is 103 Å². The van der Waals surface area contributed by atoms with E-state index in [2.05, 4.69) is 5.32 Å². The van der Waals surface area contributed by atoms with E-state index in [1.165, 1.54) is 18.2 Å². The van der Waals surface area contributed by atoms with Gasteiger partial charge in [-0.15, -0.1) is 0 Å². The zero-order chi connectivity index (χ0) is 22.7. The van der Waals surface area contributed by atoms with Gasteiger partial charge in [0.25, 0.3) is 5.91 Å². The maximum absolute atomic E-state index is 13.1. The Balaban J connectivity index is 0.00000306. The molecule has 9 heteroatoms. The van der Waals surface area contributed by atoms with Gasteiger partial charge in [-0.05, 0) is 54.8 Å². The van der Waals surface area contributed by atoms with Gasteiger partial charge in [0.1, 0.15) is 0 Å². The molecule has 2 amide bonds. The Morgan fingerprint density at radius 1 is 1.09 bits per heavy atom. The number of nitrogens with zero attached hydrogens (tertiary/aromatic N) is 1. The number of piperidine rings is 1. The summed E-state index contributed by atoms with van der Waals surface area (Å²) < 4.78 is 5.12. The first-order valence-corrected chi connectivity index (χ1v) is 10.5. The molecule has 4 rings (SSSR count). The Hall–Kier alpha value is -2.58. The van der Waals surface area contributed by atoms with E-state index in [1.54, 1.807) is 29.6 Å². The van der Waals surface area contributed by atoms with Crippen molar-refractivity contribution in [1.29, 1.82) is 0 Å². The van der Waals surface area contributed by atoms with Crippen LogP contribution in [-0.2, 0) is 4.79 Å². The zero-order valence-corrected chi connectivity index (χ0v) is 20.8. The Labute approximate surface area is 218 Å². The van der Waals surface area contributed by atoms with Crippen LogP contribution in [-0.4, -0.2) is 35.8 Å². The second-order valence-electron chi connectivity index (χ2n) is 7.65. The molecular weight excluding hydrogens is 455 g/mol. The Morgan fingerprint density at radius 3 is 2.64 bits per heavy atom. The number of rotatable bonds is 5. The molecule has 2 aromatic carbocycles. The molecule has 0 aliphatic carbocycles. The molecule has 0 spiro atoms. The number of nitrogens with one attached hydrogen (secondary N) is 1. The Kier molecular flexibility index (Phi) is 8.37. The summed E-state index contributed by atoms with van der Waals surface area (Å²) in [5.74, 6) is -2.40. The zero-order valence-electron chi connectivity index (χ0n) is 18.0. The number of carboxylic acids is 1. The third-order valence-electron chi connectivity index (χ3n) is 5.50. The predicted molar refractivity (Wildman–Crippen MR) is 117 cm³/mol. The average Bonchev–Trinajstić information content (AvgIpc) is 3.35. The van der Waals surface area contributed by atoms with Gasteiger partial charge in [-0.25, -0.2) is 0 Å². The summed E-state index contributed by atoms with van der Waals surface area (Å²) in [5.41, 5.74) is 2.21. The maximum atomic E-state index is 13.1. The van der Waals surface area contributed by atoms with E-state index in [9.17, 15) is 19.5 Å². The van der Waals surface area contributed by atoms with E-state index in [4.69, 9.17) is 16.0 Å². The second-order valence-corrected chi connectivity index (χ2v) is 8.09. The van der Waals surface area contributed by atoms with Crippen molar-refractivity contribution >= 4 is 35.1 Å². The normalized spacial score (nSPS) is 15.4. The van der Waals surface area contributed by atoms with Gasteiger partial charge in [0.15, 0.2) is 0 Å². The third kappa shape index (κ3) is 5.86. The molecule has 1 atom stereocenters. The van der Waals surface area contributed by atoms with Crippen molar-refractivity contribution in [2.45, 2.75) is 12.8 Å². The van der Waals surface area contributed by atoms with Crippen LogP contribution in [0.5, 0.6) is 0 Å². The van der Waals surface area contributed by atoms with Crippen LogP contribution in [0.25, 0.3) is 11.1 Å². The third-order valence-corrected chi connectivity index (χ3v) is 5.74. The van der Waals surface area contributed by atoms with E-state index in [0.717, 1.165) is 11.1 Å². The van der Waals surface area contributed by atoms with Crippen molar-refractivity contribution in [2.24, 2.45) is 5.92 Å². The molecule has 33 heavy (non-hydrogen) atoms. The molecule has 1 aliphatic heterocycles. The standard InChI is InChI=1S/C24H21ClN2O5.Na/c25-19-6-7-21(20(12-19)24(30)31)26-22(28)17-5-2-9-27(13-17)23(29)16-4-1-3-15(11-16)18-8-10-32-14-18;/h1,3-4,6-8,10-12,14,17H,2,5,9,13H2,(H,26,28)(H,30,31);/q;+1/p-1. The molecule has 3 aromatic rings. The fourth-order valence-electron chi connectivity index (χ4n) is 3.85. The largest absolute Gasteiger partial charge is 1.00 e. The average molecular weight is 475 g/mol. The van der Waals surface area contributed by atoms with Crippen LogP contribution < -0.4 is 40.0 Å². The number of carbonyl (C=O) groups is 3. The molecule has 164 valence electrons. The van der Waals surface area contributed by atoms with Crippen LogP contribution in [0, 0.1) is 5.92 Å². The number of hydrogen-bond acceptors (Lipinski definition) is 5. The fourth-order valence-corrected chi connectivity index (χ4v) is 4.02. The molecular formula is C24H20ClN2NaO5. The fraction of sp³-hybridized carbons (Fsp3) is 0.208. The summed E-state index contributed by atoms with van der Waals surface area (Å²) in [5, 5.41) is 14.2. The summed E-state index contributed by atoms with van der Waals surface area (Å²) in [6.07, 6.45) is 4.45. The van der Waals surface area contributed by atoms with E-state index >= 15 is 0 Å². The quantitative estimate of drug-likeness (QED) is 0.541. The molecule has 1 aromatic heterocycles. The first-order chi connectivity index (χ1) is 15.4. The van der Waals surface area contributed by atoms with Gasteiger partial charge in [-0.2, -0.15) is 0 Å². The number of carboxylic acid groups (broad SMARTS) is 1. The van der Waals surface area contributed by atoms with Gasteiger partial charge in [-0.1, -0.05) is 23.7 Å². The van der Waals surface area contributed by atoms with Gasteiger partial charge in [-0.3, -0.25) is 9.59 Å². The number of benzene rings is 2.